The highest BCUT2D eigenvalue weighted by molar-refractivity contribution is 14.1. The Morgan fingerprint density at radius 3 is 2.31 bits per heavy atom. The van der Waals surface area contributed by atoms with Crippen molar-refractivity contribution in [3.05, 3.63) is 71.8 Å². The summed E-state index contributed by atoms with van der Waals surface area (Å²) in [6, 6.07) is 20.1. The molecule has 1 fully saturated rings. The standard InChI is InChI=1S/C26H29IN2O6S/c1-26(27,25(30)31)28-36(32,33)29-13-11-20(12-14-29)19-5-8-23(9-6-19)35-17-18-3-4-22-16-24(34-2)10-7-21(22)15-18/h3-10,15-16,20,28H,11-14,17H2,1-2H3,(H,30,31). The van der Waals surface area contributed by atoms with E-state index in [0.29, 0.717) is 32.5 Å². The number of carboxylic acid groups (broad SMARTS) is 1. The third-order valence-electron chi connectivity index (χ3n) is 6.38. The third-order valence-corrected chi connectivity index (χ3v) is 9.19. The average molecular weight is 624 g/mol. The molecule has 1 aliphatic heterocycles. The fourth-order valence-corrected chi connectivity index (χ4v) is 6.50. The van der Waals surface area contributed by atoms with Crippen LogP contribution in [0.1, 0.15) is 36.8 Å². The van der Waals surface area contributed by atoms with Crippen molar-refractivity contribution in [2.75, 3.05) is 20.2 Å². The predicted octanol–water partition coefficient (Wildman–Crippen LogP) is 4.68. The molecule has 192 valence electrons. The number of alkyl halides is 1. The maximum absolute atomic E-state index is 12.6. The Bertz CT molecular complexity index is 1340. The van der Waals surface area contributed by atoms with Gasteiger partial charge in [-0.1, -0.05) is 30.3 Å². The summed E-state index contributed by atoms with van der Waals surface area (Å²) in [7, 11) is -2.22. The van der Waals surface area contributed by atoms with E-state index in [1.54, 1.807) is 29.7 Å². The molecule has 0 spiro atoms. The molecule has 0 amide bonds. The molecule has 4 rings (SSSR count). The van der Waals surface area contributed by atoms with Crippen LogP contribution < -0.4 is 14.2 Å². The molecule has 1 unspecified atom stereocenters. The highest BCUT2D eigenvalue weighted by Crippen LogP contribution is 2.31. The predicted molar refractivity (Wildman–Crippen MR) is 147 cm³/mol. The Kier molecular flexibility index (Phi) is 8.08. The third kappa shape index (κ3) is 6.28. The quantitative estimate of drug-likeness (QED) is 0.204. The lowest BCUT2D eigenvalue weighted by Gasteiger charge is -2.33. The van der Waals surface area contributed by atoms with Crippen LogP contribution in [0.25, 0.3) is 10.8 Å². The molecule has 10 heteroatoms. The molecule has 0 aliphatic carbocycles. The summed E-state index contributed by atoms with van der Waals surface area (Å²) in [4.78, 5) is 11.3. The van der Waals surface area contributed by atoms with Gasteiger partial charge in [-0.15, -0.1) is 0 Å². The van der Waals surface area contributed by atoms with E-state index in [9.17, 15) is 18.3 Å². The molecule has 1 saturated heterocycles. The van der Waals surface area contributed by atoms with E-state index >= 15 is 0 Å². The first kappa shape index (κ1) is 26.6. The number of ether oxygens (including phenoxy) is 2. The fraction of sp³-hybridized carbons (Fsp3) is 0.346. The largest absolute Gasteiger partial charge is 0.497 e. The first-order valence-corrected chi connectivity index (χ1v) is 14.1. The van der Waals surface area contributed by atoms with Crippen LogP contribution in [0, 0.1) is 0 Å². The van der Waals surface area contributed by atoms with Crippen LogP contribution in [-0.4, -0.2) is 47.5 Å². The number of benzene rings is 3. The number of methoxy groups -OCH3 is 1. The van der Waals surface area contributed by atoms with Gasteiger partial charge in [0.25, 0.3) is 10.2 Å². The van der Waals surface area contributed by atoms with E-state index in [-0.39, 0.29) is 5.92 Å². The number of fused-ring (bicyclic) bond motifs is 1. The molecule has 1 atom stereocenters. The Balaban J connectivity index is 1.31. The highest BCUT2D eigenvalue weighted by atomic mass is 127. The number of carboxylic acids is 1. The summed E-state index contributed by atoms with van der Waals surface area (Å²) >= 11 is 1.59. The molecule has 0 bridgehead atoms. The van der Waals surface area contributed by atoms with E-state index < -0.39 is 19.7 Å². The van der Waals surface area contributed by atoms with Crippen molar-refractivity contribution in [3.63, 3.8) is 0 Å². The molecule has 2 N–H and O–H groups in total. The Morgan fingerprint density at radius 1 is 1.06 bits per heavy atom. The highest BCUT2D eigenvalue weighted by Gasteiger charge is 2.38. The van der Waals surface area contributed by atoms with E-state index in [1.165, 1.54) is 11.2 Å². The molecular formula is C26H29IN2O6S. The van der Waals surface area contributed by atoms with Gasteiger partial charge >= 0.3 is 5.97 Å². The molecule has 1 aliphatic rings. The second-order valence-electron chi connectivity index (χ2n) is 8.99. The molecule has 0 saturated carbocycles. The smallest absolute Gasteiger partial charge is 0.334 e. The number of piperidine rings is 1. The van der Waals surface area contributed by atoms with Crippen LogP contribution in [0.3, 0.4) is 0 Å². The van der Waals surface area contributed by atoms with Crippen LogP contribution >= 0.6 is 22.6 Å². The average Bonchev–Trinajstić information content (AvgIpc) is 2.86. The Morgan fingerprint density at radius 2 is 1.67 bits per heavy atom. The van der Waals surface area contributed by atoms with Crippen molar-refractivity contribution in [2.24, 2.45) is 0 Å². The van der Waals surface area contributed by atoms with E-state index in [2.05, 4.69) is 16.9 Å². The number of rotatable bonds is 9. The molecule has 0 aromatic heterocycles. The molecule has 36 heavy (non-hydrogen) atoms. The fourth-order valence-electron chi connectivity index (χ4n) is 4.27. The summed E-state index contributed by atoms with van der Waals surface area (Å²) in [6.45, 7) is 2.44. The van der Waals surface area contributed by atoms with Gasteiger partial charge in [0.15, 0.2) is 3.55 Å². The van der Waals surface area contributed by atoms with Gasteiger partial charge in [0.05, 0.1) is 7.11 Å². The van der Waals surface area contributed by atoms with Crippen molar-refractivity contribution in [1.29, 1.82) is 0 Å². The normalized spacial score (nSPS) is 17.0. The monoisotopic (exact) mass is 624 g/mol. The van der Waals surface area contributed by atoms with Crippen molar-refractivity contribution in [2.45, 2.75) is 35.8 Å². The zero-order valence-corrected chi connectivity index (χ0v) is 23.1. The van der Waals surface area contributed by atoms with Crippen molar-refractivity contribution < 1.29 is 27.8 Å². The number of hydrogen-bond donors (Lipinski definition) is 2. The number of hydrogen-bond acceptors (Lipinski definition) is 5. The first-order chi connectivity index (χ1) is 17.1. The Hall–Kier alpha value is -2.41. The van der Waals surface area contributed by atoms with Gasteiger partial charge in [0, 0.05) is 13.1 Å². The van der Waals surface area contributed by atoms with Gasteiger partial charge in [-0.2, -0.15) is 17.4 Å². The van der Waals surface area contributed by atoms with E-state index in [4.69, 9.17) is 9.47 Å². The lowest BCUT2D eigenvalue weighted by atomic mass is 9.90. The van der Waals surface area contributed by atoms with Crippen LogP contribution in [0.2, 0.25) is 0 Å². The second kappa shape index (κ2) is 10.9. The van der Waals surface area contributed by atoms with Crippen molar-refractivity contribution >= 4 is 49.5 Å². The number of nitrogens with zero attached hydrogens (tertiary/aromatic N) is 1. The van der Waals surface area contributed by atoms with Gasteiger partial charge < -0.3 is 14.6 Å². The van der Waals surface area contributed by atoms with Gasteiger partial charge in [-0.05, 0) is 101 Å². The van der Waals surface area contributed by atoms with Crippen LogP contribution in [0.4, 0.5) is 0 Å². The number of aliphatic carboxylic acids is 1. The van der Waals surface area contributed by atoms with Crippen molar-refractivity contribution in [1.82, 2.24) is 9.03 Å². The molecule has 3 aromatic rings. The summed E-state index contributed by atoms with van der Waals surface area (Å²) in [5.74, 6) is 0.601. The summed E-state index contributed by atoms with van der Waals surface area (Å²) < 4.78 is 38.5. The second-order valence-corrected chi connectivity index (χ2v) is 12.8. The van der Waals surface area contributed by atoms with Gasteiger partial charge in [-0.25, -0.2) is 4.79 Å². The number of carbonyl (C=O) groups is 1. The maximum atomic E-state index is 12.6. The summed E-state index contributed by atoms with van der Waals surface area (Å²) in [5, 5.41) is 11.5. The zero-order chi connectivity index (χ0) is 25.9. The first-order valence-electron chi connectivity index (χ1n) is 11.6. The SMILES string of the molecule is COc1ccc2cc(COc3ccc(C4CCN(S(=O)(=O)NC(C)(I)C(=O)O)CC4)cc3)ccc2c1. The van der Waals surface area contributed by atoms with Crippen LogP contribution in [-0.2, 0) is 21.6 Å². The van der Waals surface area contributed by atoms with Gasteiger partial charge in [0.1, 0.15) is 18.1 Å². The lowest BCUT2D eigenvalue weighted by Crippen LogP contribution is -2.53. The minimum absolute atomic E-state index is 0.230. The minimum atomic E-state index is -3.88. The molecule has 1 heterocycles. The van der Waals surface area contributed by atoms with E-state index in [0.717, 1.165) is 33.4 Å². The Labute approximate surface area is 224 Å². The molecular weight excluding hydrogens is 595 g/mol. The zero-order valence-electron chi connectivity index (χ0n) is 20.1. The van der Waals surface area contributed by atoms with Gasteiger partial charge in [-0.3, -0.25) is 0 Å². The van der Waals surface area contributed by atoms with E-state index in [1.807, 2.05) is 48.5 Å². The van der Waals surface area contributed by atoms with Crippen LogP contribution in [0.15, 0.2) is 60.7 Å². The number of nitrogens with one attached hydrogen (secondary N) is 1. The van der Waals surface area contributed by atoms with Gasteiger partial charge in [0.2, 0.25) is 0 Å². The molecule has 3 aromatic carbocycles. The lowest BCUT2D eigenvalue weighted by molar-refractivity contribution is -0.139. The topological polar surface area (TPSA) is 105 Å². The van der Waals surface area contributed by atoms with Crippen LogP contribution in [0.5, 0.6) is 11.5 Å². The minimum Gasteiger partial charge on any atom is -0.497 e. The maximum Gasteiger partial charge on any atom is 0.334 e. The molecule has 8 nitrogen and oxygen atoms in total. The number of halogens is 1. The molecule has 0 radical (unpaired) electrons. The summed E-state index contributed by atoms with van der Waals surface area (Å²) in [5.41, 5.74) is 2.21. The summed E-state index contributed by atoms with van der Waals surface area (Å²) in [6.07, 6.45) is 1.32. The van der Waals surface area contributed by atoms with Crippen molar-refractivity contribution in [3.8, 4) is 11.5 Å².